The third-order valence-corrected chi connectivity index (χ3v) is 2.69. The van der Waals surface area contributed by atoms with Crippen LogP contribution in [0.25, 0.3) is 0 Å². The van der Waals surface area contributed by atoms with Crippen molar-refractivity contribution in [2.45, 2.75) is 32.3 Å². The van der Waals surface area contributed by atoms with Gasteiger partial charge in [0.25, 0.3) is 0 Å². The van der Waals surface area contributed by atoms with Crippen molar-refractivity contribution >= 4 is 17.8 Å². The molecule has 1 atom stereocenters. The fourth-order valence-corrected chi connectivity index (χ4v) is 1.92. The van der Waals surface area contributed by atoms with E-state index in [-0.39, 0.29) is 0 Å². The van der Waals surface area contributed by atoms with Gasteiger partial charge < -0.3 is 14.8 Å². The Labute approximate surface area is 111 Å². The number of carbonyl (C=O) groups excluding carboxylic acids is 2. The van der Waals surface area contributed by atoms with Gasteiger partial charge in [-0.3, -0.25) is 4.79 Å². The fraction of sp³-hybridized carbons (Fsp3) is 0.429. The maximum Gasteiger partial charge on any atom is 0.516 e. The van der Waals surface area contributed by atoms with Crippen LogP contribution in [0.5, 0.6) is 0 Å². The van der Waals surface area contributed by atoms with Gasteiger partial charge >= 0.3 is 12.1 Å². The molecule has 0 radical (unpaired) electrons. The number of para-hydroxylation sites is 1. The summed E-state index contributed by atoms with van der Waals surface area (Å²) in [6, 6.07) is 7.46. The minimum atomic E-state index is -0.957. The molecule has 1 aliphatic heterocycles. The van der Waals surface area contributed by atoms with Crippen molar-refractivity contribution in [1.29, 1.82) is 0 Å². The highest BCUT2D eigenvalue weighted by molar-refractivity contribution is 5.90. The highest BCUT2D eigenvalue weighted by atomic mass is 16.7. The molecule has 0 aliphatic carbocycles. The minimum absolute atomic E-state index is 0.432. The largest absolute Gasteiger partial charge is 0.516 e. The van der Waals surface area contributed by atoms with Crippen LogP contribution in [0, 0.1) is 0 Å². The molecule has 0 spiro atoms. The van der Waals surface area contributed by atoms with Gasteiger partial charge in [-0.1, -0.05) is 18.2 Å². The van der Waals surface area contributed by atoms with Gasteiger partial charge in [0.1, 0.15) is 11.5 Å². The summed E-state index contributed by atoms with van der Waals surface area (Å²) in [5.74, 6) is -1.06. The molecule has 0 saturated carbocycles. The zero-order valence-corrected chi connectivity index (χ0v) is 11.2. The Balaban J connectivity index is 2.01. The molecule has 5 heteroatoms. The summed E-state index contributed by atoms with van der Waals surface area (Å²) in [5, 5.41) is 3.10. The lowest BCUT2D eigenvalue weighted by Crippen LogP contribution is -2.28. The average Bonchev–Trinajstić information content (AvgIpc) is 2.69. The first-order valence-corrected chi connectivity index (χ1v) is 6.14. The predicted octanol–water partition coefficient (Wildman–Crippen LogP) is 2.67. The number of esters is 1. The number of carbonyl (C=O) groups is 2. The van der Waals surface area contributed by atoms with E-state index in [1.165, 1.54) is 0 Å². The van der Waals surface area contributed by atoms with Crippen molar-refractivity contribution in [2.75, 3.05) is 11.9 Å². The van der Waals surface area contributed by atoms with Crippen LogP contribution in [0.15, 0.2) is 24.3 Å². The molecule has 2 rings (SSSR count). The summed E-state index contributed by atoms with van der Waals surface area (Å²) in [5.41, 5.74) is 1.06. The van der Waals surface area contributed by atoms with E-state index >= 15 is 0 Å². The molecule has 1 aromatic carbocycles. The van der Waals surface area contributed by atoms with Crippen LogP contribution >= 0.6 is 0 Å². The number of fused-ring (bicyclic) bond motifs is 1. The molecule has 1 aliphatic rings. The maximum atomic E-state index is 11.9. The van der Waals surface area contributed by atoms with Gasteiger partial charge in [-0.25, -0.2) is 4.79 Å². The summed E-state index contributed by atoms with van der Waals surface area (Å²) in [7, 11) is 0. The van der Waals surface area contributed by atoms with Crippen LogP contribution in [-0.4, -0.2) is 24.3 Å². The van der Waals surface area contributed by atoms with Gasteiger partial charge in [0.05, 0.1) is 0 Å². The minimum Gasteiger partial charge on any atom is -0.428 e. The number of anilines is 1. The van der Waals surface area contributed by atoms with Crippen molar-refractivity contribution in [3.63, 3.8) is 0 Å². The van der Waals surface area contributed by atoms with E-state index in [2.05, 4.69) is 5.32 Å². The molecule has 1 heterocycles. The molecular formula is C14H17NO4. The van der Waals surface area contributed by atoms with Crippen LogP contribution in [0.3, 0.4) is 0 Å². The van der Waals surface area contributed by atoms with Gasteiger partial charge in [-0.05, 0) is 32.4 Å². The summed E-state index contributed by atoms with van der Waals surface area (Å²) in [6.45, 7) is 5.57. The van der Waals surface area contributed by atoms with Crippen molar-refractivity contribution in [3.05, 3.63) is 29.8 Å². The second-order valence-electron chi connectivity index (χ2n) is 5.41. The molecule has 5 nitrogen and oxygen atoms in total. The Morgan fingerprint density at radius 2 is 1.95 bits per heavy atom. The molecule has 1 unspecified atom stereocenters. The van der Waals surface area contributed by atoms with Crippen LogP contribution < -0.4 is 5.32 Å². The van der Waals surface area contributed by atoms with Gasteiger partial charge in [-0.15, -0.1) is 0 Å². The number of hydrogen-bond donors (Lipinski definition) is 1. The van der Waals surface area contributed by atoms with Crippen molar-refractivity contribution in [2.24, 2.45) is 0 Å². The molecule has 0 saturated heterocycles. The number of nitrogens with one attached hydrogen (secondary N) is 1. The summed E-state index contributed by atoms with van der Waals surface area (Å²) in [4.78, 5) is 23.4. The number of benzene rings is 1. The second-order valence-corrected chi connectivity index (χ2v) is 5.41. The quantitative estimate of drug-likeness (QED) is 0.623. The molecule has 0 aromatic heterocycles. The van der Waals surface area contributed by atoms with Crippen molar-refractivity contribution in [3.8, 4) is 0 Å². The van der Waals surface area contributed by atoms with E-state index < -0.39 is 23.6 Å². The lowest BCUT2D eigenvalue weighted by Gasteiger charge is -2.18. The van der Waals surface area contributed by atoms with E-state index in [0.29, 0.717) is 6.54 Å². The topological polar surface area (TPSA) is 64.6 Å². The Kier molecular flexibility index (Phi) is 3.46. The van der Waals surface area contributed by atoms with Crippen molar-refractivity contribution in [1.82, 2.24) is 0 Å². The molecule has 19 heavy (non-hydrogen) atoms. The summed E-state index contributed by atoms with van der Waals surface area (Å²) >= 11 is 0. The van der Waals surface area contributed by atoms with Crippen LogP contribution in [-0.2, 0) is 14.3 Å². The lowest BCUT2D eigenvalue weighted by atomic mass is 10.0. The average molecular weight is 263 g/mol. The van der Waals surface area contributed by atoms with Crippen LogP contribution in [0.4, 0.5) is 10.5 Å². The molecule has 0 amide bonds. The zero-order valence-electron chi connectivity index (χ0n) is 11.2. The second kappa shape index (κ2) is 4.91. The maximum absolute atomic E-state index is 11.9. The van der Waals surface area contributed by atoms with Crippen LogP contribution in [0.2, 0.25) is 0 Å². The van der Waals surface area contributed by atoms with E-state index in [9.17, 15) is 9.59 Å². The molecule has 102 valence electrons. The Bertz CT molecular complexity index is 504. The van der Waals surface area contributed by atoms with E-state index in [1.54, 1.807) is 20.8 Å². The number of hydrogen-bond acceptors (Lipinski definition) is 5. The Hall–Kier alpha value is -2.04. The molecule has 1 N–H and O–H groups in total. The normalized spacial score (nSPS) is 17.3. The highest BCUT2D eigenvalue weighted by Gasteiger charge is 2.32. The smallest absolute Gasteiger partial charge is 0.428 e. The molecular weight excluding hydrogens is 246 g/mol. The standard InChI is InChI=1S/C14H17NO4/c1-14(2,3)19-13(17)18-12(16)10-8-15-11-7-5-4-6-9(10)11/h4-7,10,15H,8H2,1-3H3. The van der Waals surface area contributed by atoms with Crippen molar-refractivity contribution < 1.29 is 19.1 Å². The first kappa shape index (κ1) is 13.4. The molecule has 1 aromatic rings. The SMILES string of the molecule is CC(C)(C)OC(=O)OC(=O)C1CNc2ccccc21. The number of rotatable bonds is 1. The highest BCUT2D eigenvalue weighted by Crippen LogP contribution is 2.31. The number of ether oxygens (including phenoxy) is 2. The lowest BCUT2D eigenvalue weighted by molar-refractivity contribution is -0.142. The van der Waals surface area contributed by atoms with E-state index in [1.807, 2.05) is 24.3 Å². The predicted molar refractivity (Wildman–Crippen MR) is 70.0 cm³/mol. The zero-order chi connectivity index (χ0) is 14.0. The third kappa shape index (κ3) is 3.24. The summed E-state index contributed by atoms with van der Waals surface area (Å²) < 4.78 is 9.68. The van der Waals surface area contributed by atoms with Gasteiger partial charge in [0.2, 0.25) is 0 Å². The Morgan fingerprint density at radius 3 is 2.63 bits per heavy atom. The fourth-order valence-electron chi connectivity index (χ4n) is 1.92. The van der Waals surface area contributed by atoms with Gasteiger partial charge in [-0.2, -0.15) is 0 Å². The van der Waals surface area contributed by atoms with Gasteiger partial charge in [0.15, 0.2) is 0 Å². The first-order valence-electron chi connectivity index (χ1n) is 6.14. The van der Waals surface area contributed by atoms with Crippen LogP contribution in [0.1, 0.15) is 32.3 Å². The monoisotopic (exact) mass is 263 g/mol. The summed E-state index contributed by atoms with van der Waals surface area (Å²) in [6.07, 6.45) is -0.957. The van der Waals surface area contributed by atoms with E-state index in [0.717, 1.165) is 11.3 Å². The molecule has 0 fully saturated rings. The third-order valence-electron chi connectivity index (χ3n) is 2.69. The first-order chi connectivity index (χ1) is 8.87. The van der Waals surface area contributed by atoms with E-state index in [4.69, 9.17) is 9.47 Å². The molecule has 0 bridgehead atoms. The van der Waals surface area contributed by atoms with Gasteiger partial charge in [0, 0.05) is 12.2 Å². The Morgan fingerprint density at radius 1 is 1.26 bits per heavy atom.